The van der Waals surface area contributed by atoms with Crippen molar-refractivity contribution in [2.75, 3.05) is 6.61 Å². The highest BCUT2D eigenvalue weighted by atomic mass is 35.5. The monoisotopic (exact) mass is 336 g/mol. The van der Waals surface area contributed by atoms with Crippen molar-refractivity contribution in [2.45, 2.75) is 32.1 Å². The molecule has 0 atom stereocenters. The van der Waals surface area contributed by atoms with Crippen molar-refractivity contribution in [1.29, 1.82) is 5.41 Å². The molecule has 0 saturated heterocycles. The summed E-state index contributed by atoms with van der Waals surface area (Å²) in [6.07, 6.45) is 7.87. The lowest BCUT2D eigenvalue weighted by molar-refractivity contribution is 0.208. The number of nitrogens with zero attached hydrogens (tertiary/aromatic N) is 4. The van der Waals surface area contributed by atoms with Gasteiger partial charge in [-0.05, 0) is 47.4 Å². The number of amidine groups is 1. The van der Waals surface area contributed by atoms with Gasteiger partial charge in [0.2, 0.25) is 0 Å². The maximum Gasteiger partial charge on any atom is 0.145 e. The quantitative estimate of drug-likeness (QED) is 0.644. The minimum atomic E-state index is 0. The number of rotatable bonds is 5. The molecule has 1 aromatic heterocycles. The Bertz CT molecular complexity index is 639. The second-order valence-electron chi connectivity index (χ2n) is 5.67. The Morgan fingerprint density at radius 3 is 2.74 bits per heavy atom. The van der Waals surface area contributed by atoms with E-state index in [-0.39, 0.29) is 18.2 Å². The van der Waals surface area contributed by atoms with Crippen molar-refractivity contribution in [3.05, 3.63) is 30.1 Å². The second-order valence-corrected chi connectivity index (χ2v) is 5.67. The van der Waals surface area contributed by atoms with E-state index in [9.17, 15) is 0 Å². The standard InChI is InChI=1S/C15H20N6O.ClH/c16-15(17)12-6-7-14(13(8-12)21-10-18-19-20-21)22-9-11-4-2-1-3-5-11;/h6-8,10-11H,1-5,9H2,(H3,16,17);1H. The Morgan fingerprint density at radius 1 is 1.30 bits per heavy atom. The molecule has 0 spiro atoms. The Kier molecular flexibility index (Phi) is 5.92. The van der Waals surface area contributed by atoms with Gasteiger partial charge in [-0.3, -0.25) is 5.41 Å². The highest BCUT2D eigenvalue weighted by Crippen LogP contribution is 2.27. The predicted molar refractivity (Wildman–Crippen MR) is 89.5 cm³/mol. The van der Waals surface area contributed by atoms with Crippen molar-refractivity contribution in [2.24, 2.45) is 11.7 Å². The van der Waals surface area contributed by atoms with Crippen LogP contribution in [0.1, 0.15) is 37.7 Å². The molecular weight excluding hydrogens is 316 g/mol. The molecule has 1 aliphatic rings. The van der Waals surface area contributed by atoms with Gasteiger partial charge in [0.15, 0.2) is 0 Å². The second kappa shape index (κ2) is 7.92. The Labute approximate surface area is 141 Å². The van der Waals surface area contributed by atoms with E-state index in [0.717, 1.165) is 0 Å². The lowest BCUT2D eigenvalue weighted by Crippen LogP contribution is -2.17. The van der Waals surface area contributed by atoms with Gasteiger partial charge < -0.3 is 10.5 Å². The number of benzene rings is 1. The first-order valence-electron chi connectivity index (χ1n) is 7.58. The van der Waals surface area contributed by atoms with E-state index in [1.54, 1.807) is 12.1 Å². The first-order valence-corrected chi connectivity index (χ1v) is 7.58. The van der Waals surface area contributed by atoms with E-state index < -0.39 is 0 Å². The van der Waals surface area contributed by atoms with Crippen molar-refractivity contribution in [3.8, 4) is 11.4 Å². The average molecular weight is 337 g/mol. The molecule has 0 unspecified atom stereocenters. The van der Waals surface area contributed by atoms with Crippen LogP contribution in [0.3, 0.4) is 0 Å². The van der Waals surface area contributed by atoms with Gasteiger partial charge in [-0.2, -0.15) is 4.68 Å². The summed E-state index contributed by atoms with van der Waals surface area (Å²) in [5.41, 5.74) is 6.88. The molecule has 1 aromatic carbocycles. The Morgan fingerprint density at radius 2 is 2.09 bits per heavy atom. The van der Waals surface area contributed by atoms with Crippen LogP contribution in [0.5, 0.6) is 5.75 Å². The first-order chi connectivity index (χ1) is 10.7. The van der Waals surface area contributed by atoms with Gasteiger partial charge >= 0.3 is 0 Å². The molecule has 8 heteroatoms. The van der Waals surface area contributed by atoms with E-state index in [1.807, 2.05) is 6.07 Å². The number of nitrogen functional groups attached to an aromatic ring is 1. The zero-order valence-electron chi connectivity index (χ0n) is 12.8. The van der Waals surface area contributed by atoms with Crippen molar-refractivity contribution in [1.82, 2.24) is 20.2 Å². The maximum absolute atomic E-state index is 7.57. The number of tetrazole rings is 1. The maximum atomic E-state index is 7.57. The summed E-state index contributed by atoms with van der Waals surface area (Å²) in [5, 5.41) is 18.8. The van der Waals surface area contributed by atoms with Crippen LogP contribution >= 0.6 is 12.4 Å². The molecule has 1 heterocycles. The lowest BCUT2D eigenvalue weighted by atomic mass is 9.90. The SMILES string of the molecule is Cl.N=C(N)c1ccc(OCC2CCCCC2)c(-n2cnnn2)c1. The summed E-state index contributed by atoms with van der Waals surface area (Å²) in [4.78, 5) is 0. The number of nitrogens with two attached hydrogens (primary N) is 1. The molecule has 0 bridgehead atoms. The van der Waals surface area contributed by atoms with Gasteiger partial charge in [0.05, 0.1) is 6.61 Å². The Hall–Kier alpha value is -2.15. The normalized spacial score (nSPS) is 15.0. The third kappa shape index (κ3) is 4.19. The fraction of sp³-hybridized carbons (Fsp3) is 0.467. The molecule has 124 valence electrons. The molecule has 3 rings (SSSR count). The largest absolute Gasteiger partial charge is 0.491 e. The zero-order valence-corrected chi connectivity index (χ0v) is 13.6. The fourth-order valence-electron chi connectivity index (χ4n) is 2.82. The molecule has 1 aliphatic carbocycles. The number of halogens is 1. The molecule has 0 amide bonds. The highest BCUT2D eigenvalue weighted by molar-refractivity contribution is 5.95. The van der Waals surface area contributed by atoms with Crippen molar-refractivity contribution >= 4 is 18.2 Å². The third-order valence-corrected chi connectivity index (χ3v) is 4.07. The number of hydrogen-bond acceptors (Lipinski definition) is 5. The summed E-state index contributed by atoms with van der Waals surface area (Å²) in [5.74, 6) is 1.33. The third-order valence-electron chi connectivity index (χ3n) is 4.07. The van der Waals surface area contributed by atoms with Gasteiger partial charge in [0, 0.05) is 5.56 Å². The molecule has 3 N–H and O–H groups in total. The van der Waals surface area contributed by atoms with Crippen LogP contribution in [0.25, 0.3) is 5.69 Å². The molecular formula is C15H21ClN6O. The topological polar surface area (TPSA) is 103 Å². The molecule has 7 nitrogen and oxygen atoms in total. The van der Waals surface area contributed by atoms with E-state index in [2.05, 4.69) is 15.5 Å². The average Bonchev–Trinajstić information content (AvgIpc) is 3.08. The minimum Gasteiger partial charge on any atom is -0.491 e. The number of ether oxygens (including phenoxy) is 1. The number of nitrogens with one attached hydrogen (secondary N) is 1. The van der Waals surface area contributed by atoms with Crippen LogP contribution in [-0.2, 0) is 0 Å². The smallest absolute Gasteiger partial charge is 0.145 e. The van der Waals surface area contributed by atoms with Crippen LogP contribution < -0.4 is 10.5 Å². The first kappa shape index (κ1) is 17.2. The summed E-state index contributed by atoms with van der Waals surface area (Å²) in [7, 11) is 0. The highest BCUT2D eigenvalue weighted by Gasteiger charge is 2.16. The minimum absolute atomic E-state index is 0. The van der Waals surface area contributed by atoms with Crippen LogP contribution in [0, 0.1) is 11.3 Å². The summed E-state index contributed by atoms with van der Waals surface area (Å²) in [6, 6.07) is 5.39. The van der Waals surface area contributed by atoms with E-state index >= 15 is 0 Å². The summed E-state index contributed by atoms with van der Waals surface area (Å²) >= 11 is 0. The van der Waals surface area contributed by atoms with Gasteiger partial charge in [-0.1, -0.05) is 19.3 Å². The van der Waals surface area contributed by atoms with Gasteiger partial charge in [-0.25, -0.2) is 0 Å². The fourth-order valence-corrected chi connectivity index (χ4v) is 2.82. The van der Waals surface area contributed by atoms with Crippen LogP contribution in [0.15, 0.2) is 24.5 Å². The van der Waals surface area contributed by atoms with E-state index in [1.165, 1.54) is 43.1 Å². The molecule has 1 saturated carbocycles. The number of hydrogen-bond donors (Lipinski definition) is 2. The van der Waals surface area contributed by atoms with Gasteiger partial charge in [-0.15, -0.1) is 17.5 Å². The van der Waals surface area contributed by atoms with Gasteiger partial charge in [0.1, 0.15) is 23.6 Å². The van der Waals surface area contributed by atoms with Crippen LogP contribution in [0.4, 0.5) is 0 Å². The summed E-state index contributed by atoms with van der Waals surface area (Å²) < 4.78 is 7.54. The van der Waals surface area contributed by atoms with Crippen molar-refractivity contribution in [3.63, 3.8) is 0 Å². The lowest BCUT2D eigenvalue weighted by Gasteiger charge is -2.22. The summed E-state index contributed by atoms with van der Waals surface area (Å²) in [6.45, 7) is 0.703. The van der Waals surface area contributed by atoms with Crippen LogP contribution in [-0.4, -0.2) is 32.6 Å². The zero-order chi connectivity index (χ0) is 15.4. The predicted octanol–water partition coefficient (Wildman–Crippen LogP) is 2.33. The molecule has 2 aromatic rings. The molecule has 0 aliphatic heterocycles. The van der Waals surface area contributed by atoms with E-state index in [0.29, 0.717) is 29.5 Å². The van der Waals surface area contributed by atoms with Crippen LogP contribution in [0.2, 0.25) is 0 Å². The van der Waals surface area contributed by atoms with E-state index in [4.69, 9.17) is 15.9 Å². The molecule has 23 heavy (non-hydrogen) atoms. The van der Waals surface area contributed by atoms with Gasteiger partial charge in [0.25, 0.3) is 0 Å². The Balaban J connectivity index is 0.00000192. The molecule has 0 radical (unpaired) electrons. The number of aromatic nitrogens is 4. The molecule has 1 fully saturated rings. The van der Waals surface area contributed by atoms with Crippen molar-refractivity contribution < 1.29 is 4.74 Å².